The van der Waals surface area contributed by atoms with Gasteiger partial charge in [-0.2, -0.15) is 11.1 Å². The average Bonchev–Trinajstić information content (AvgIpc) is 2.05. The normalized spacial score (nSPS) is 12.9. The molecular formula is C9H10Cl2Si. The summed E-state index contributed by atoms with van der Waals surface area (Å²) >= 11 is 11.7. The van der Waals surface area contributed by atoms with Crippen LogP contribution in [-0.4, -0.2) is 8.83 Å². The average molecular weight is 217 g/mol. The molecule has 1 unspecified atom stereocenters. The fourth-order valence-electron chi connectivity index (χ4n) is 1.10. The minimum absolute atomic E-state index is 0.467. The third-order valence-electron chi connectivity index (χ3n) is 1.82. The molecule has 0 saturated carbocycles. The third-order valence-corrected chi connectivity index (χ3v) is 3.39. The summed E-state index contributed by atoms with van der Waals surface area (Å²) in [6.45, 7) is 2.15. The summed E-state index contributed by atoms with van der Waals surface area (Å²) in [6, 6.07) is 8.94. The first-order valence-corrected chi connectivity index (χ1v) is 6.43. The lowest BCUT2D eigenvalue weighted by Crippen LogP contribution is -1.95. The van der Waals surface area contributed by atoms with Gasteiger partial charge in [-0.3, -0.25) is 0 Å². The fraction of sp³-hybridized carbons (Fsp3) is 0.333. The quantitative estimate of drug-likeness (QED) is 0.534. The van der Waals surface area contributed by atoms with Gasteiger partial charge in [-0.05, 0) is 23.6 Å². The summed E-state index contributed by atoms with van der Waals surface area (Å²) < 4.78 is 0. The highest BCUT2D eigenvalue weighted by Gasteiger charge is 2.07. The van der Waals surface area contributed by atoms with Crippen LogP contribution in [0.15, 0.2) is 24.3 Å². The first-order valence-electron chi connectivity index (χ1n) is 3.83. The Kier molecular flexibility index (Phi) is 4.13. The van der Waals surface area contributed by atoms with Crippen molar-refractivity contribution in [3.05, 3.63) is 34.9 Å². The molecule has 64 valence electrons. The van der Waals surface area contributed by atoms with Crippen molar-refractivity contribution in [3.8, 4) is 0 Å². The molecule has 0 spiro atoms. The topological polar surface area (TPSA) is 0 Å². The van der Waals surface area contributed by atoms with E-state index in [1.807, 2.05) is 18.2 Å². The van der Waals surface area contributed by atoms with E-state index in [2.05, 4.69) is 13.0 Å². The lowest BCUT2D eigenvalue weighted by atomic mass is 10.0. The van der Waals surface area contributed by atoms with E-state index in [1.165, 1.54) is 5.56 Å². The third kappa shape index (κ3) is 2.51. The first kappa shape index (κ1) is 10.1. The van der Waals surface area contributed by atoms with Gasteiger partial charge < -0.3 is 0 Å². The maximum atomic E-state index is 6.01. The second-order valence-corrected chi connectivity index (χ2v) is 4.64. The van der Waals surface area contributed by atoms with Gasteiger partial charge in [-0.1, -0.05) is 36.7 Å². The molecule has 0 nitrogen and oxygen atoms in total. The van der Waals surface area contributed by atoms with Gasteiger partial charge in [0.05, 0.1) is 0 Å². The molecular weight excluding hydrogens is 207 g/mol. The predicted octanol–water partition coefficient (Wildman–Crippen LogP) is 3.72. The predicted molar refractivity (Wildman–Crippen MR) is 56.3 cm³/mol. The molecule has 0 aliphatic heterocycles. The molecule has 0 bridgehead atoms. The van der Waals surface area contributed by atoms with E-state index >= 15 is 0 Å². The number of rotatable bonds is 3. The minimum atomic E-state index is 0.467. The van der Waals surface area contributed by atoms with Gasteiger partial charge in [-0.25, -0.2) is 0 Å². The fourth-order valence-corrected chi connectivity index (χ4v) is 2.57. The summed E-state index contributed by atoms with van der Waals surface area (Å²) in [7, 11) is 0.474. The molecule has 0 saturated heterocycles. The van der Waals surface area contributed by atoms with Crippen molar-refractivity contribution < 1.29 is 0 Å². The van der Waals surface area contributed by atoms with E-state index in [0.717, 1.165) is 11.1 Å². The highest BCUT2D eigenvalue weighted by Crippen LogP contribution is 2.26. The number of hydrogen-bond acceptors (Lipinski definition) is 0. The zero-order chi connectivity index (χ0) is 8.97. The molecule has 1 atom stereocenters. The zero-order valence-electron chi connectivity index (χ0n) is 6.85. The Balaban J connectivity index is 2.79. The lowest BCUT2D eigenvalue weighted by Gasteiger charge is -2.10. The smallest absolute Gasteiger partial charge is 0.171 e. The Hall–Kier alpha value is 0.0169. The molecule has 1 aromatic carbocycles. The van der Waals surface area contributed by atoms with E-state index in [4.69, 9.17) is 22.7 Å². The maximum Gasteiger partial charge on any atom is 0.172 e. The second kappa shape index (κ2) is 4.90. The van der Waals surface area contributed by atoms with Crippen LogP contribution in [0.1, 0.15) is 18.4 Å². The molecule has 2 radical (unpaired) electrons. The van der Waals surface area contributed by atoms with Crippen LogP contribution in [0.5, 0.6) is 0 Å². The molecule has 0 fully saturated rings. The summed E-state index contributed by atoms with van der Waals surface area (Å²) in [5.74, 6) is 0.467. The Morgan fingerprint density at radius 3 is 2.67 bits per heavy atom. The van der Waals surface area contributed by atoms with Crippen molar-refractivity contribution in [1.82, 2.24) is 0 Å². The van der Waals surface area contributed by atoms with Crippen molar-refractivity contribution in [2.45, 2.75) is 18.9 Å². The zero-order valence-corrected chi connectivity index (χ0v) is 9.36. The molecule has 1 rings (SSSR count). The van der Waals surface area contributed by atoms with Crippen LogP contribution < -0.4 is 0 Å². The van der Waals surface area contributed by atoms with Crippen LogP contribution in [0.2, 0.25) is 11.1 Å². The van der Waals surface area contributed by atoms with Crippen molar-refractivity contribution in [3.63, 3.8) is 0 Å². The summed E-state index contributed by atoms with van der Waals surface area (Å²) in [5, 5.41) is 0.847. The molecule has 0 aromatic heterocycles. The summed E-state index contributed by atoms with van der Waals surface area (Å²) in [6.07, 6.45) is 0. The lowest BCUT2D eigenvalue weighted by molar-refractivity contribution is 0.863. The van der Waals surface area contributed by atoms with Gasteiger partial charge in [0, 0.05) is 5.02 Å². The Labute approximate surface area is 85.4 Å². The molecule has 0 N–H and O–H groups in total. The monoisotopic (exact) mass is 216 g/mol. The number of hydrogen-bond donors (Lipinski definition) is 0. The molecule has 12 heavy (non-hydrogen) atoms. The van der Waals surface area contributed by atoms with Gasteiger partial charge in [-0.15, -0.1) is 0 Å². The van der Waals surface area contributed by atoms with Crippen molar-refractivity contribution in [2.24, 2.45) is 0 Å². The molecule has 0 heterocycles. The summed E-state index contributed by atoms with van der Waals surface area (Å²) in [4.78, 5) is 0. The highest BCUT2D eigenvalue weighted by atomic mass is 35.6. The SMILES string of the molecule is CC(C[Si]Cl)c1ccccc1Cl. The van der Waals surface area contributed by atoms with Crippen molar-refractivity contribution in [2.75, 3.05) is 0 Å². The van der Waals surface area contributed by atoms with Gasteiger partial charge in [0.25, 0.3) is 0 Å². The van der Waals surface area contributed by atoms with E-state index in [-0.39, 0.29) is 0 Å². The van der Waals surface area contributed by atoms with Crippen molar-refractivity contribution >= 4 is 31.5 Å². The Morgan fingerprint density at radius 1 is 1.42 bits per heavy atom. The minimum Gasteiger partial charge on any atom is -0.171 e. The van der Waals surface area contributed by atoms with Crippen LogP contribution in [0.25, 0.3) is 0 Å². The van der Waals surface area contributed by atoms with Crippen LogP contribution >= 0.6 is 22.7 Å². The van der Waals surface area contributed by atoms with Crippen LogP contribution in [0.3, 0.4) is 0 Å². The Bertz CT molecular complexity index is 250. The first-order chi connectivity index (χ1) is 5.75. The number of halogens is 2. The van der Waals surface area contributed by atoms with Crippen molar-refractivity contribution in [1.29, 1.82) is 0 Å². The van der Waals surface area contributed by atoms with Gasteiger partial charge in [0.15, 0.2) is 8.83 Å². The molecule has 0 aliphatic carbocycles. The maximum absolute atomic E-state index is 6.01. The standard InChI is InChI=1S/C9H10Cl2Si/c1-7(6-12-11)8-4-2-3-5-9(8)10/h2-5,7H,6H2,1H3. The highest BCUT2D eigenvalue weighted by molar-refractivity contribution is 6.93. The molecule has 3 heteroatoms. The van der Waals surface area contributed by atoms with Gasteiger partial charge in [0.1, 0.15) is 0 Å². The molecule has 1 aromatic rings. The van der Waals surface area contributed by atoms with E-state index in [0.29, 0.717) is 14.7 Å². The van der Waals surface area contributed by atoms with Crippen LogP contribution in [0.4, 0.5) is 0 Å². The van der Waals surface area contributed by atoms with E-state index in [9.17, 15) is 0 Å². The molecule has 0 aliphatic rings. The van der Waals surface area contributed by atoms with Gasteiger partial charge >= 0.3 is 0 Å². The van der Waals surface area contributed by atoms with Crippen LogP contribution in [0, 0.1) is 0 Å². The number of benzene rings is 1. The molecule has 0 amide bonds. The van der Waals surface area contributed by atoms with Crippen LogP contribution in [-0.2, 0) is 0 Å². The second-order valence-electron chi connectivity index (χ2n) is 2.76. The van der Waals surface area contributed by atoms with E-state index < -0.39 is 0 Å². The van der Waals surface area contributed by atoms with Gasteiger partial charge in [0.2, 0.25) is 0 Å². The largest absolute Gasteiger partial charge is 0.172 e. The van der Waals surface area contributed by atoms with E-state index in [1.54, 1.807) is 0 Å². The Morgan fingerprint density at radius 2 is 2.08 bits per heavy atom. The summed E-state index contributed by atoms with van der Waals surface area (Å²) in [5.41, 5.74) is 1.20.